The van der Waals surface area contributed by atoms with Crippen LogP contribution in [0.1, 0.15) is 58.3 Å². The molecule has 0 spiro atoms. The monoisotopic (exact) mass is 289 g/mol. The van der Waals surface area contributed by atoms with Gasteiger partial charge in [-0.15, -0.1) is 0 Å². The van der Waals surface area contributed by atoms with Gasteiger partial charge in [0.1, 0.15) is 0 Å². The van der Waals surface area contributed by atoms with Gasteiger partial charge in [0.15, 0.2) is 0 Å². The van der Waals surface area contributed by atoms with Gasteiger partial charge in [-0.25, -0.2) is 0 Å². The molecule has 0 unspecified atom stereocenters. The molecule has 2 nitrogen and oxygen atoms in total. The lowest BCUT2D eigenvalue weighted by molar-refractivity contribution is -0.121. The summed E-state index contributed by atoms with van der Waals surface area (Å²) in [7, 11) is 0. The van der Waals surface area contributed by atoms with Gasteiger partial charge in [-0.2, -0.15) is 0 Å². The van der Waals surface area contributed by atoms with Gasteiger partial charge in [0, 0.05) is 18.3 Å². The smallest absolute Gasteiger partial charge is 0.220 e. The van der Waals surface area contributed by atoms with E-state index in [4.69, 9.17) is 0 Å². The zero-order valence-electron chi connectivity index (χ0n) is 10.4. The van der Waals surface area contributed by atoms with Crippen LogP contribution in [0.2, 0.25) is 0 Å². The highest BCUT2D eigenvalue weighted by Gasteiger charge is 2.26. The number of carbonyl (C=O) groups excluding carboxylic acids is 1. The molecule has 16 heavy (non-hydrogen) atoms. The van der Waals surface area contributed by atoms with Crippen LogP contribution in [0, 0.1) is 5.41 Å². The summed E-state index contributed by atoms with van der Waals surface area (Å²) in [6, 6.07) is 0. The average molecular weight is 290 g/mol. The van der Waals surface area contributed by atoms with Crippen LogP contribution in [0.25, 0.3) is 0 Å². The molecule has 94 valence electrons. The van der Waals surface area contributed by atoms with Crippen LogP contribution in [0.15, 0.2) is 0 Å². The highest BCUT2D eigenvalue weighted by Crippen LogP contribution is 2.34. The van der Waals surface area contributed by atoms with E-state index in [0.29, 0.717) is 11.8 Å². The van der Waals surface area contributed by atoms with E-state index < -0.39 is 0 Å². The molecule has 0 aromatic rings. The molecule has 0 atom stereocenters. The molecule has 0 heterocycles. The second-order valence-electron chi connectivity index (χ2n) is 5.29. The summed E-state index contributed by atoms with van der Waals surface area (Å²) in [4.78, 5) is 11.6. The van der Waals surface area contributed by atoms with Crippen LogP contribution in [-0.2, 0) is 4.79 Å². The van der Waals surface area contributed by atoms with Gasteiger partial charge in [-0.3, -0.25) is 4.79 Å². The first-order chi connectivity index (χ1) is 7.66. The Morgan fingerprint density at radius 3 is 2.56 bits per heavy atom. The summed E-state index contributed by atoms with van der Waals surface area (Å²) < 4.78 is 0. The largest absolute Gasteiger partial charge is 0.356 e. The molecule has 0 aromatic carbocycles. The maximum Gasteiger partial charge on any atom is 0.220 e. The first-order valence-electron chi connectivity index (χ1n) is 6.49. The number of hydrogen-bond donors (Lipinski definition) is 1. The molecule has 1 fully saturated rings. The second kappa shape index (κ2) is 7.31. The molecule has 1 aliphatic carbocycles. The zero-order chi connectivity index (χ0) is 11.9. The lowest BCUT2D eigenvalue weighted by atomic mass is 9.76. The molecule has 1 rings (SSSR count). The molecule has 3 heteroatoms. The van der Waals surface area contributed by atoms with Gasteiger partial charge >= 0.3 is 0 Å². The summed E-state index contributed by atoms with van der Waals surface area (Å²) in [5.41, 5.74) is 0.364. The van der Waals surface area contributed by atoms with Gasteiger partial charge in [0.25, 0.3) is 0 Å². The lowest BCUT2D eigenvalue weighted by Crippen LogP contribution is -2.36. The minimum atomic E-state index is 0.229. The van der Waals surface area contributed by atoms with Gasteiger partial charge in [0.05, 0.1) is 0 Å². The van der Waals surface area contributed by atoms with E-state index in [0.717, 1.165) is 24.7 Å². The summed E-state index contributed by atoms with van der Waals surface area (Å²) in [6.07, 6.45) is 9.34. The number of amides is 1. The third-order valence-corrected chi connectivity index (χ3v) is 4.12. The quantitative estimate of drug-likeness (QED) is 0.587. The molecule has 0 bridgehead atoms. The second-order valence-corrected chi connectivity index (χ2v) is 6.09. The Kier molecular flexibility index (Phi) is 6.40. The van der Waals surface area contributed by atoms with Gasteiger partial charge < -0.3 is 5.32 Å². The Morgan fingerprint density at radius 1 is 1.25 bits per heavy atom. The summed E-state index contributed by atoms with van der Waals surface area (Å²) in [6.45, 7) is 3.19. The molecule has 0 aliphatic heterocycles. The fourth-order valence-electron chi connectivity index (χ4n) is 2.36. The van der Waals surface area contributed by atoms with E-state index in [2.05, 4.69) is 28.2 Å². The Hall–Kier alpha value is -0.0500. The highest BCUT2D eigenvalue weighted by atomic mass is 79.9. The molecule has 1 amide bonds. The number of rotatable bonds is 6. The Bertz CT molecular complexity index is 212. The van der Waals surface area contributed by atoms with E-state index in [1.165, 1.54) is 32.1 Å². The average Bonchev–Trinajstić information content (AvgIpc) is 2.28. The van der Waals surface area contributed by atoms with Crippen molar-refractivity contribution in [3.63, 3.8) is 0 Å². The number of carbonyl (C=O) groups is 1. The maximum absolute atomic E-state index is 11.6. The predicted molar refractivity (Wildman–Crippen MR) is 71.8 cm³/mol. The van der Waals surface area contributed by atoms with Crippen molar-refractivity contribution in [1.82, 2.24) is 5.32 Å². The minimum Gasteiger partial charge on any atom is -0.356 e. The summed E-state index contributed by atoms with van der Waals surface area (Å²) in [5.74, 6) is 0.229. The lowest BCUT2D eigenvalue weighted by Gasteiger charge is -2.33. The van der Waals surface area contributed by atoms with E-state index in [1.807, 2.05) is 0 Å². The molecule has 0 aromatic heterocycles. The Balaban J connectivity index is 2.14. The molecular weight excluding hydrogens is 266 g/mol. The van der Waals surface area contributed by atoms with E-state index in [1.54, 1.807) is 0 Å². The van der Waals surface area contributed by atoms with Crippen LogP contribution < -0.4 is 5.32 Å². The van der Waals surface area contributed by atoms with Crippen molar-refractivity contribution in [2.24, 2.45) is 5.41 Å². The van der Waals surface area contributed by atoms with Crippen molar-refractivity contribution < 1.29 is 4.79 Å². The van der Waals surface area contributed by atoms with Gasteiger partial charge in [-0.05, 0) is 31.1 Å². The first kappa shape index (κ1) is 14.0. The summed E-state index contributed by atoms with van der Waals surface area (Å²) >= 11 is 3.38. The SMILES string of the molecule is CC1(CNC(=O)CCCCBr)CCCCC1. The van der Waals surface area contributed by atoms with Gasteiger partial charge in [-0.1, -0.05) is 42.1 Å². The van der Waals surface area contributed by atoms with Gasteiger partial charge in [0.2, 0.25) is 5.91 Å². The Labute approximate surface area is 108 Å². The fraction of sp³-hybridized carbons (Fsp3) is 0.923. The molecular formula is C13H24BrNO. The topological polar surface area (TPSA) is 29.1 Å². The van der Waals surface area contributed by atoms with Crippen molar-refractivity contribution in [3.05, 3.63) is 0 Å². The van der Waals surface area contributed by atoms with Crippen molar-refractivity contribution in [2.75, 3.05) is 11.9 Å². The van der Waals surface area contributed by atoms with E-state index in [9.17, 15) is 4.79 Å². The maximum atomic E-state index is 11.6. The Morgan fingerprint density at radius 2 is 1.94 bits per heavy atom. The van der Waals surface area contributed by atoms with Crippen molar-refractivity contribution >= 4 is 21.8 Å². The van der Waals surface area contributed by atoms with Crippen LogP contribution >= 0.6 is 15.9 Å². The normalized spacial score (nSPS) is 19.4. The predicted octanol–water partition coefficient (Wildman–Crippen LogP) is 3.64. The molecule has 0 radical (unpaired) electrons. The summed E-state index contributed by atoms with van der Waals surface area (Å²) in [5, 5.41) is 4.10. The highest BCUT2D eigenvalue weighted by molar-refractivity contribution is 9.09. The number of hydrogen-bond acceptors (Lipinski definition) is 1. The third kappa shape index (κ3) is 5.33. The standard InChI is InChI=1S/C13H24BrNO/c1-13(8-4-2-5-9-13)11-15-12(16)7-3-6-10-14/h2-11H2,1H3,(H,15,16). The zero-order valence-corrected chi connectivity index (χ0v) is 11.9. The van der Waals surface area contributed by atoms with Crippen LogP contribution in [0.3, 0.4) is 0 Å². The third-order valence-electron chi connectivity index (χ3n) is 3.56. The fourth-order valence-corrected chi connectivity index (χ4v) is 2.76. The molecule has 1 aliphatic rings. The number of halogens is 1. The molecule has 0 saturated heterocycles. The van der Waals surface area contributed by atoms with E-state index in [-0.39, 0.29) is 5.91 Å². The van der Waals surface area contributed by atoms with Crippen LogP contribution in [0.4, 0.5) is 0 Å². The molecule has 1 saturated carbocycles. The number of alkyl halides is 1. The first-order valence-corrected chi connectivity index (χ1v) is 7.61. The van der Waals surface area contributed by atoms with Crippen molar-refractivity contribution in [3.8, 4) is 0 Å². The van der Waals surface area contributed by atoms with Crippen molar-refractivity contribution in [2.45, 2.75) is 58.3 Å². The van der Waals surface area contributed by atoms with Crippen molar-refractivity contribution in [1.29, 1.82) is 0 Å². The number of nitrogens with one attached hydrogen (secondary N) is 1. The van der Waals surface area contributed by atoms with Crippen LogP contribution in [-0.4, -0.2) is 17.8 Å². The van der Waals surface area contributed by atoms with Crippen LogP contribution in [0.5, 0.6) is 0 Å². The number of unbranched alkanes of at least 4 members (excludes halogenated alkanes) is 1. The van der Waals surface area contributed by atoms with E-state index >= 15 is 0 Å². The molecule has 1 N–H and O–H groups in total. The minimum absolute atomic E-state index is 0.229.